The van der Waals surface area contributed by atoms with Crippen molar-refractivity contribution in [2.45, 2.75) is 5.16 Å². The first-order valence-electron chi connectivity index (χ1n) is 8.84. The van der Waals surface area contributed by atoms with E-state index in [1.165, 1.54) is 11.8 Å². The largest absolute Gasteiger partial charge is 0.497 e. The molecule has 0 saturated carbocycles. The van der Waals surface area contributed by atoms with Crippen LogP contribution in [0.3, 0.4) is 0 Å². The van der Waals surface area contributed by atoms with Crippen LogP contribution in [0.25, 0.3) is 0 Å². The molecule has 0 atom stereocenters. The highest BCUT2D eigenvalue weighted by Gasteiger charge is 2.10. The number of hydrazone groups is 1. The van der Waals surface area contributed by atoms with Gasteiger partial charge in [0, 0.05) is 25.3 Å². The Kier molecular flexibility index (Phi) is 6.85. The number of nitrogens with zero attached hydrogens (tertiary/aromatic N) is 4. The summed E-state index contributed by atoms with van der Waals surface area (Å²) in [7, 11) is 5.56. The Morgan fingerprint density at radius 3 is 2.79 bits per heavy atom. The Hall–Kier alpha value is -3.33. The van der Waals surface area contributed by atoms with Crippen molar-refractivity contribution >= 4 is 35.4 Å². The van der Waals surface area contributed by atoms with Gasteiger partial charge in [0.05, 0.1) is 19.1 Å². The van der Waals surface area contributed by atoms with Crippen LogP contribution < -0.4 is 15.1 Å². The third-order valence-corrected chi connectivity index (χ3v) is 4.83. The maximum absolute atomic E-state index is 12.3. The van der Waals surface area contributed by atoms with Crippen molar-refractivity contribution in [3.63, 3.8) is 0 Å². The molecule has 2 aromatic carbocycles. The summed E-state index contributed by atoms with van der Waals surface area (Å²) in [6.45, 7) is 0. The molecule has 2 N–H and O–H groups in total. The van der Waals surface area contributed by atoms with Crippen molar-refractivity contribution in [3.05, 3.63) is 59.7 Å². The molecule has 0 saturated heterocycles. The summed E-state index contributed by atoms with van der Waals surface area (Å²) >= 11 is 1.25. The van der Waals surface area contributed by atoms with E-state index in [0.29, 0.717) is 22.4 Å². The van der Waals surface area contributed by atoms with Crippen LogP contribution in [-0.2, 0) is 0 Å². The van der Waals surface area contributed by atoms with Gasteiger partial charge in [-0.15, -0.1) is 5.10 Å². The molecule has 0 aliphatic carbocycles. The van der Waals surface area contributed by atoms with Gasteiger partial charge in [-0.3, -0.25) is 4.79 Å². The second-order valence-corrected chi connectivity index (χ2v) is 7.21. The number of carbonyl (C=O) groups excluding carboxylic acids is 1. The van der Waals surface area contributed by atoms with Gasteiger partial charge in [0.25, 0.3) is 0 Å². The van der Waals surface area contributed by atoms with Crippen molar-refractivity contribution in [3.8, 4) is 5.75 Å². The van der Waals surface area contributed by atoms with E-state index in [1.54, 1.807) is 37.6 Å². The van der Waals surface area contributed by atoms with Gasteiger partial charge in [0.2, 0.25) is 11.1 Å². The third-order valence-electron chi connectivity index (χ3n) is 3.98. The van der Waals surface area contributed by atoms with Gasteiger partial charge in [0.15, 0.2) is 5.78 Å². The van der Waals surface area contributed by atoms with Gasteiger partial charge in [-0.25, -0.2) is 10.5 Å². The van der Waals surface area contributed by atoms with Gasteiger partial charge in [-0.05, 0) is 29.8 Å². The van der Waals surface area contributed by atoms with E-state index in [1.807, 2.05) is 43.3 Å². The van der Waals surface area contributed by atoms with E-state index in [0.717, 1.165) is 11.3 Å². The maximum atomic E-state index is 12.3. The third kappa shape index (κ3) is 5.82. The molecule has 0 radical (unpaired) electrons. The predicted octanol–water partition coefficient (Wildman–Crippen LogP) is 3.30. The highest BCUT2D eigenvalue weighted by molar-refractivity contribution is 7.99. The molecule has 0 spiro atoms. The highest BCUT2D eigenvalue weighted by atomic mass is 32.2. The topological polar surface area (TPSA) is 95.5 Å². The molecule has 0 amide bonds. The summed E-state index contributed by atoms with van der Waals surface area (Å²) in [5.74, 6) is 1.26. The molecule has 8 nitrogen and oxygen atoms in total. The number of benzene rings is 2. The van der Waals surface area contributed by atoms with Crippen LogP contribution in [0.5, 0.6) is 5.75 Å². The van der Waals surface area contributed by atoms with E-state index in [4.69, 9.17) is 4.74 Å². The molecule has 1 heterocycles. The zero-order valence-electron chi connectivity index (χ0n) is 16.4. The number of methoxy groups -OCH3 is 1. The highest BCUT2D eigenvalue weighted by Crippen LogP contribution is 2.18. The number of nitrogens with one attached hydrogen (secondary N) is 2. The number of Topliss-reactive ketones (excluding diaryl/α,β-unsaturated/α-hetero) is 1. The Labute approximate surface area is 173 Å². The number of ether oxygens (including phenoxy) is 1. The molecule has 29 heavy (non-hydrogen) atoms. The molecule has 0 bridgehead atoms. The molecule has 150 valence electrons. The van der Waals surface area contributed by atoms with Gasteiger partial charge in [-0.1, -0.05) is 36.0 Å². The number of aromatic nitrogens is 3. The lowest BCUT2D eigenvalue weighted by Crippen LogP contribution is -2.08. The van der Waals surface area contributed by atoms with Gasteiger partial charge >= 0.3 is 0 Å². The van der Waals surface area contributed by atoms with Crippen LogP contribution in [0.15, 0.2) is 58.8 Å². The maximum Gasteiger partial charge on any atom is 0.240 e. The molecular weight excluding hydrogens is 388 g/mol. The first-order valence-corrected chi connectivity index (χ1v) is 9.82. The molecule has 0 aliphatic rings. The lowest BCUT2D eigenvalue weighted by Gasteiger charge is -2.11. The number of aromatic amines is 1. The summed E-state index contributed by atoms with van der Waals surface area (Å²) in [5, 5.41) is 11.4. The number of anilines is 2. The average Bonchev–Trinajstić information content (AvgIpc) is 3.20. The van der Waals surface area contributed by atoms with Crippen LogP contribution in [-0.4, -0.2) is 54.1 Å². The normalized spacial score (nSPS) is 10.9. The monoisotopic (exact) mass is 410 g/mol. The Bertz CT molecular complexity index is 985. The quantitative estimate of drug-likeness (QED) is 0.242. The zero-order chi connectivity index (χ0) is 20.6. The van der Waals surface area contributed by atoms with E-state index >= 15 is 0 Å². The van der Waals surface area contributed by atoms with Gasteiger partial charge in [-0.2, -0.15) is 10.1 Å². The zero-order valence-corrected chi connectivity index (χ0v) is 17.2. The van der Waals surface area contributed by atoms with Gasteiger partial charge < -0.3 is 9.64 Å². The summed E-state index contributed by atoms with van der Waals surface area (Å²) in [5.41, 5.74) is 5.47. The standard InChI is InChI=1S/C20H22N6O2S/c1-26(2)16-9-7-14(8-10-16)12-21-23-19-22-20(25-24-19)29-13-18(27)15-5-4-6-17(11-15)28-3/h4-12H,13H2,1-3H3,(H2,22,23,24,25)/b21-12-. The lowest BCUT2D eigenvalue weighted by molar-refractivity contribution is 0.102. The SMILES string of the molecule is COc1cccc(C(=O)CSc2n[nH]c(N/N=C\c3ccc(N(C)C)cc3)n2)c1. The number of ketones is 1. The van der Waals surface area contributed by atoms with Crippen molar-refractivity contribution in [2.24, 2.45) is 5.10 Å². The smallest absolute Gasteiger partial charge is 0.240 e. The minimum atomic E-state index is -0.0209. The molecule has 0 fully saturated rings. The first kappa shape index (κ1) is 20.4. The van der Waals surface area contributed by atoms with E-state index in [-0.39, 0.29) is 11.5 Å². The Morgan fingerprint density at radius 2 is 2.07 bits per heavy atom. The fourth-order valence-corrected chi connectivity index (χ4v) is 3.09. The molecule has 9 heteroatoms. The Balaban J connectivity index is 1.50. The van der Waals surface area contributed by atoms with Crippen LogP contribution in [0.1, 0.15) is 15.9 Å². The van der Waals surface area contributed by atoms with Crippen molar-refractivity contribution < 1.29 is 9.53 Å². The number of carbonyl (C=O) groups is 1. The van der Waals surface area contributed by atoms with E-state index in [9.17, 15) is 4.79 Å². The average molecular weight is 411 g/mol. The number of hydrogen-bond donors (Lipinski definition) is 2. The van der Waals surface area contributed by atoms with Crippen molar-refractivity contribution in [1.29, 1.82) is 0 Å². The predicted molar refractivity (Wildman–Crippen MR) is 116 cm³/mol. The summed E-state index contributed by atoms with van der Waals surface area (Å²) in [6.07, 6.45) is 1.70. The number of hydrogen-bond acceptors (Lipinski definition) is 8. The second-order valence-electron chi connectivity index (χ2n) is 6.27. The van der Waals surface area contributed by atoms with Gasteiger partial charge in [0.1, 0.15) is 5.75 Å². The number of rotatable bonds is 9. The van der Waals surface area contributed by atoms with E-state index < -0.39 is 0 Å². The summed E-state index contributed by atoms with van der Waals surface area (Å²) in [6, 6.07) is 15.1. The first-order chi connectivity index (χ1) is 14.0. The minimum Gasteiger partial charge on any atom is -0.497 e. The van der Waals surface area contributed by atoms with Crippen LogP contribution in [0.2, 0.25) is 0 Å². The molecule has 1 aromatic heterocycles. The van der Waals surface area contributed by atoms with Crippen LogP contribution in [0, 0.1) is 0 Å². The van der Waals surface area contributed by atoms with Crippen molar-refractivity contribution in [2.75, 3.05) is 37.3 Å². The van der Waals surface area contributed by atoms with Crippen molar-refractivity contribution in [1.82, 2.24) is 15.2 Å². The fraction of sp³-hybridized carbons (Fsp3) is 0.200. The molecule has 0 unspecified atom stereocenters. The molecule has 3 rings (SSSR count). The molecular formula is C20H22N6O2S. The summed E-state index contributed by atoms with van der Waals surface area (Å²) in [4.78, 5) is 18.6. The van der Waals surface area contributed by atoms with Crippen LogP contribution >= 0.6 is 11.8 Å². The summed E-state index contributed by atoms with van der Waals surface area (Å²) < 4.78 is 5.14. The molecule has 3 aromatic rings. The molecule has 0 aliphatic heterocycles. The lowest BCUT2D eigenvalue weighted by atomic mass is 10.1. The number of H-pyrrole nitrogens is 1. The van der Waals surface area contributed by atoms with Crippen LogP contribution in [0.4, 0.5) is 11.6 Å². The number of thioether (sulfide) groups is 1. The fourth-order valence-electron chi connectivity index (χ4n) is 2.40. The second kappa shape index (κ2) is 9.74. The Morgan fingerprint density at radius 1 is 1.28 bits per heavy atom. The minimum absolute atomic E-state index is 0.0209. The van der Waals surface area contributed by atoms with E-state index in [2.05, 4.69) is 25.7 Å².